The Morgan fingerprint density at radius 2 is 1.88 bits per heavy atom. The number of pyridine rings is 1. The summed E-state index contributed by atoms with van der Waals surface area (Å²) in [6, 6.07) is 15.3. The van der Waals surface area contributed by atoms with Gasteiger partial charge in [0.05, 0.1) is 6.61 Å². The van der Waals surface area contributed by atoms with Crippen molar-refractivity contribution in [2.75, 3.05) is 13.7 Å². The van der Waals surface area contributed by atoms with E-state index in [9.17, 15) is 9.59 Å². The fourth-order valence-corrected chi connectivity index (χ4v) is 3.00. The van der Waals surface area contributed by atoms with Crippen molar-refractivity contribution in [2.45, 2.75) is 19.9 Å². The van der Waals surface area contributed by atoms with Crippen LogP contribution in [0.2, 0.25) is 0 Å². The number of rotatable bonds is 6. The quantitative estimate of drug-likeness (QED) is 0.548. The molecule has 0 saturated heterocycles. The SMILES string of the molecule is COC[C@H](C)NC(=O)C(=O)c1c(-c2ccc(C)cc2)cc2ccccn12. The molecule has 0 fully saturated rings. The van der Waals surface area contributed by atoms with Gasteiger partial charge in [-0.1, -0.05) is 35.9 Å². The second-order valence-electron chi connectivity index (χ2n) is 6.43. The van der Waals surface area contributed by atoms with E-state index in [-0.39, 0.29) is 6.04 Å². The summed E-state index contributed by atoms with van der Waals surface area (Å²) in [5, 5.41) is 2.69. The maximum Gasteiger partial charge on any atom is 0.294 e. The number of hydrogen-bond acceptors (Lipinski definition) is 3. The molecule has 0 aliphatic carbocycles. The number of benzene rings is 1. The number of methoxy groups -OCH3 is 1. The van der Waals surface area contributed by atoms with Gasteiger partial charge in [0.25, 0.3) is 11.7 Å². The van der Waals surface area contributed by atoms with Crippen LogP contribution in [0.15, 0.2) is 54.7 Å². The number of ether oxygens (including phenoxy) is 1. The molecular formula is C21H22N2O3. The highest BCUT2D eigenvalue weighted by atomic mass is 16.5. The number of amides is 1. The van der Waals surface area contributed by atoms with Crippen molar-refractivity contribution >= 4 is 17.2 Å². The maximum atomic E-state index is 12.9. The smallest absolute Gasteiger partial charge is 0.294 e. The Morgan fingerprint density at radius 1 is 1.15 bits per heavy atom. The Labute approximate surface area is 152 Å². The number of carbonyl (C=O) groups is 2. The van der Waals surface area contributed by atoms with Gasteiger partial charge in [0.15, 0.2) is 0 Å². The summed E-state index contributed by atoms with van der Waals surface area (Å²) in [6.45, 7) is 4.15. The Hall–Kier alpha value is -2.92. The molecular weight excluding hydrogens is 328 g/mol. The lowest BCUT2D eigenvalue weighted by atomic mass is 10.0. The minimum absolute atomic E-state index is 0.245. The summed E-state index contributed by atoms with van der Waals surface area (Å²) in [7, 11) is 1.56. The molecule has 5 heteroatoms. The standard InChI is InChI=1S/C21H22N2O3/c1-14-7-9-16(10-8-14)18-12-17-6-4-5-11-23(17)19(18)20(24)21(25)22-15(2)13-26-3/h4-12,15H,13H2,1-3H3,(H,22,25)/t15-/m0/s1. The lowest BCUT2D eigenvalue weighted by molar-refractivity contribution is -0.117. The lowest BCUT2D eigenvalue weighted by Crippen LogP contribution is -2.40. The van der Waals surface area contributed by atoms with E-state index in [1.807, 2.05) is 55.5 Å². The van der Waals surface area contributed by atoms with Crippen molar-refractivity contribution in [3.8, 4) is 11.1 Å². The van der Waals surface area contributed by atoms with Gasteiger partial charge in [0.2, 0.25) is 0 Å². The van der Waals surface area contributed by atoms with Crippen molar-refractivity contribution in [1.82, 2.24) is 9.72 Å². The molecule has 1 amide bonds. The zero-order valence-electron chi connectivity index (χ0n) is 15.2. The van der Waals surface area contributed by atoms with Gasteiger partial charge in [0.1, 0.15) is 5.69 Å². The van der Waals surface area contributed by atoms with E-state index < -0.39 is 11.7 Å². The van der Waals surface area contributed by atoms with E-state index >= 15 is 0 Å². The molecule has 5 nitrogen and oxygen atoms in total. The van der Waals surface area contributed by atoms with Crippen LogP contribution in [0.3, 0.4) is 0 Å². The fourth-order valence-electron chi connectivity index (χ4n) is 3.00. The van der Waals surface area contributed by atoms with Crippen molar-refractivity contribution in [1.29, 1.82) is 0 Å². The predicted molar refractivity (Wildman–Crippen MR) is 101 cm³/mol. The van der Waals surface area contributed by atoms with E-state index in [0.717, 1.165) is 22.2 Å². The third-order valence-corrected chi connectivity index (χ3v) is 4.26. The van der Waals surface area contributed by atoms with Crippen molar-refractivity contribution in [3.05, 3.63) is 66.0 Å². The van der Waals surface area contributed by atoms with Crippen LogP contribution < -0.4 is 5.32 Å². The Bertz CT molecular complexity index is 942. The van der Waals surface area contributed by atoms with Gasteiger partial charge in [0, 0.05) is 30.4 Å². The van der Waals surface area contributed by atoms with Crippen molar-refractivity contribution < 1.29 is 14.3 Å². The van der Waals surface area contributed by atoms with Crippen LogP contribution in [0.5, 0.6) is 0 Å². The average Bonchev–Trinajstić information content (AvgIpc) is 3.01. The number of carbonyl (C=O) groups excluding carboxylic acids is 2. The van der Waals surface area contributed by atoms with Crippen LogP contribution in [-0.4, -0.2) is 35.8 Å². The number of hydrogen-bond donors (Lipinski definition) is 1. The molecule has 0 bridgehead atoms. The first-order chi connectivity index (χ1) is 12.5. The van der Waals surface area contributed by atoms with Gasteiger partial charge < -0.3 is 14.5 Å². The molecule has 0 spiro atoms. The first-order valence-electron chi connectivity index (χ1n) is 8.52. The van der Waals surface area contributed by atoms with Crippen LogP contribution in [0.1, 0.15) is 23.0 Å². The molecule has 3 rings (SSSR count). The first-order valence-corrected chi connectivity index (χ1v) is 8.52. The summed E-state index contributed by atoms with van der Waals surface area (Å²) >= 11 is 0. The van der Waals surface area contributed by atoms with E-state index in [0.29, 0.717) is 12.3 Å². The first kappa shape index (κ1) is 17.9. The summed E-state index contributed by atoms with van der Waals surface area (Å²) in [5.74, 6) is -1.19. The normalized spacial score (nSPS) is 12.1. The van der Waals surface area contributed by atoms with E-state index in [4.69, 9.17) is 4.74 Å². The molecule has 1 aromatic carbocycles. The number of Topliss-reactive ketones (excluding diaryl/α,β-unsaturated/α-hetero) is 1. The number of ketones is 1. The van der Waals surface area contributed by atoms with E-state index in [1.165, 1.54) is 0 Å². The summed E-state index contributed by atoms with van der Waals surface area (Å²) < 4.78 is 6.78. The molecule has 3 aromatic rings. The molecule has 2 aromatic heterocycles. The van der Waals surface area contributed by atoms with Gasteiger partial charge in [-0.05, 0) is 37.6 Å². The van der Waals surface area contributed by atoms with Gasteiger partial charge in [-0.25, -0.2) is 0 Å². The highest BCUT2D eigenvalue weighted by Crippen LogP contribution is 2.28. The second kappa shape index (κ2) is 7.54. The third-order valence-electron chi connectivity index (χ3n) is 4.26. The summed E-state index contributed by atoms with van der Waals surface area (Å²) in [6.07, 6.45) is 1.80. The number of aryl methyl sites for hydroxylation is 1. The van der Waals surface area contributed by atoms with Gasteiger partial charge >= 0.3 is 0 Å². The molecule has 0 radical (unpaired) electrons. The number of nitrogens with one attached hydrogen (secondary N) is 1. The highest BCUT2D eigenvalue weighted by Gasteiger charge is 2.25. The van der Waals surface area contributed by atoms with E-state index in [1.54, 1.807) is 24.6 Å². The molecule has 0 aliphatic rings. The zero-order chi connectivity index (χ0) is 18.7. The van der Waals surface area contributed by atoms with Gasteiger partial charge in [-0.2, -0.15) is 0 Å². The minimum atomic E-state index is -0.633. The molecule has 26 heavy (non-hydrogen) atoms. The highest BCUT2D eigenvalue weighted by molar-refractivity contribution is 6.43. The molecule has 0 unspecified atom stereocenters. The maximum absolute atomic E-state index is 12.9. The number of aromatic nitrogens is 1. The largest absolute Gasteiger partial charge is 0.383 e. The Balaban J connectivity index is 2.05. The third kappa shape index (κ3) is 3.53. The lowest BCUT2D eigenvalue weighted by Gasteiger charge is -2.13. The van der Waals surface area contributed by atoms with Crippen LogP contribution in [0, 0.1) is 6.92 Å². The van der Waals surface area contributed by atoms with Crippen molar-refractivity contribution in [3.63, 3.8) is 0 Å². The molecule has 134 valence electrons. The molecule has 0 aliphatic heterocycles. The van der Waals surface area contributed by atoms with Crippen molar-refractivity contribution in [2.24, 2.45) is 0 Å². The van der Waals surface area contributed by atoms with E-state index in [2.05, 4.69) is 5.32 Å². The number of fused-ring (bicyclic) bond motifs is 1. The minimum Gasteiger partial charge on any atom is -0.383 e. The monoisotopic (exact) mass is 350 g/mol. The van der Waals surface area contributed by atoms with Gasteiger partial charge in [-0.15, -0.1) is 0 Å². The Morgan fingerprint density at radius 3 is 2.58 bits per heavy atom. The average molecular weight is 350 g/mol. The topological polar surface area (TPSA) is 59.8 Å². The molecule has 1 N–H and O–H groups in total. The second-order valence-corrected chi connectivity index (χ2v) is 6.43. The fraction of sp³-hybridized carbons (Fsp3) is 0.238. The van der Waals surface area contributed by atoms with Crippen LogP contribution in [0.4, 0.5) is 0 Å². The predicted octanol–water partition coefficient (Wildman–Crippen LogP) is 3.25. The molecule has 0 saturated carbocycles. The van der Waals surface area contributed by atoms with Crippen LogP contribution in [0.25, 0.3) is 16.6 Å². The molecule has 2 heterocycles. The molecule has 1 atom stereocenters. The van der Waals surface area contributed by atoms with Crippen LogP contribution in [-0.2, 0) is 9.53 Å². The summed E-state index contributed by atoms with van der Waals surface area (Å²) in [4.78, 5) is 25.4. The van der Waals surface area contributed by atoms with Gasteiger partial charge in [-0.3, -0.25) is 9.59 Å². The van der Waals surface area contributed by atoms with Crippen LogP contribution >= 0.6 is 0 Å². The zero-order valence-corrected chi connectivity index (χ0v) is 15.2. The number of nitrogens with zero attached hydrogens (tertiary/aromatic N) is 1. The summed E-state index contributed by atoms with van der Waals surface area (Å²) in [5.41, 5.74) is 4.02. The Kier molecular flexibility index (Phi) is 5.19.